The molecular weight excluding hydrogens is 298 g/mol. The number of aromatic nitrogens is 1. The van der Waals surface area contributed by atoms with E-state index in [0.717, 1.165) is 16.6 Å². The van der Waals surface area contributed by atoms with Crippen LogP contribution in [0.4, 0.5) is 0 Å². The highest BCUT2D eigenvalue weighted by Gasteiger charge is 2.18. The van der Waals surface area contributed by atoms with Crippen molar-refractivity contribution < 1.29 is 4.74 Å². The van der Waals surface area contributed by atoms with E-state index in [4.69, 9.17) is 4.74 Å². The van der Waals surface area contributed by atoms with Crippen LogP contribution in [0.1, 0.15) is 25.8 Å². The lowest BCUT2D eigenvalue weighted by Gasteiger charge is -2.13. The molecule has 0 aliphatic rings. The lowest BCUT2D eigenvalue weighted by atomic mass is 9.98. The summed E-state index contributed by atoms with van der Waals surface area (Å²) in [4.78, 5) is 4.66. The molecule has 0 bridgehead atoms. The predicted molar refractivity (Wildman–Crippen MR) is 77.6 cm³/mol. The lowest BCUT2D eigenvalue weighted by molar-refractivity contribution is 0.345. The predicted octanol–water partition coefficient (Wildman–Crippen LogP) is 4.37. The second-order valence-corrected chi connectivity index (χ2v) is 6.76. The number of hydrogen-bond acceptors (Lipinski definition) is 3. The van der Waals surface area contributed by atoms with E-state index in [1.165, 1.54) is 9.71 Å². The van der Waals surface area contributed by atoms with Crippen LogP contribution in [-0.2, 0) is 5.41 Å². The number of rotatable bonds is 3. The average molecular weight is 314 g/mol. The maximum Gasteiger partial charge on any atom is 0.120 e. The Morgan fingerprint density at radius 3 is 2.76 bits per heavy atom. The van der Waals surface area contributed by atoms with Crippen LogP contribution in [0, 0.1) is 0 Å². The fourth-order valence-corrected chi connectivity index (χ4v) is 2.69. The highest BCUT2D eigenvalue weighted by Crippen LogP contribution is 2.32. The third-order valence-corrected chi connectivity index (χ3v) is 4.12. The average Bonchev–Trinajstić information content (AvgIpc) is 2.68. The normalized spacial score (nSPS) is 12.0. The summed E-state index contributed by atoms with van der Waals surface area (Å²) in [7, 11) is 0. The molecule has 0 radical (unpaired) electrons. The third-order valence-electron chi connectivity index (χ3n) is 2.35. The number of thiazole rings is 1. The quantitative estimate of drug-likeness (QED) is 0.785. The summed E-state index contributed by atoms with van der Waals surface area (Å²) >= 11 is 5.10. The van der Waals surface area contributed by atoms with Crippen molar-refractivity contribution in [2.45, 2.75) is 26.2 Å². The molecule has 0 saturated carbocycles. The Morgan fingerprint density at radius 2 is 2.12 bits per heavy atom. The van der Waals surface area contributed by atoms with Crippen molar-refractivity contribution in [1.29, 1.82) is 0 Å². The Balaban J connectivity index is 2.34. The number of hydrogen-bond donors (Lipinski definition) is 0. The smallest absolute Gasteiger partial charge is 0.120 e. The topological polar surface area (TPSA) is 22.1 Å². The fraction of sp³-hybridized carbons (Fsp3) is 0.462. The van der Waals surface area contributed by atoms with Gasteiger partial charge in [0.25, 0.3) is 0 Å². The van der Waals surface area contributed by atoms with E-state index >= 15 is 0 Å². The fourth-order valence-electron chi connectivity index (χ4n) is 1.47. The molecule has 17 heavy (non-hydrogen) atoms. The maximum absolute atomic E-state index is 5.59. The molecule has 0 N–H and O–H groups in total. The van der Waals surface area contributed by atoms with Crippen molar-refractivity contribution in [1.82, 2.24) is 4.98 Å². The van der Waals surface area contributed by atoms with E-state index in [9.17, 15) is 0 Å². The Hall–Kier alpha value is -0.610. The van der Waals surface area contributed by atoms with Crippen LogP contribution in [0.15, 0.2) is 18.2 Å². The molecule has 0 fully saturated rings. The van der Waals surface area contributed by atoms with E-state index in [-0.39, 0.29) is 5.41 Å². The van der Waals surface area contributed by atoms with Crippen molar-refractivity contribution in [2.24, 2.45) is 0 Å². The van der Waals surface area contributed by atoms with Gasteiger partial charge in [0.05, 0.1) is 21.8 Å². The molecule has 4 heteroatoms. The molecule has 0 atom stereocenters. The number of fused-ring (bicyclic) bond motifs is 1. The standard InChI is InChI=1S/C13H16BrNOS/c1-13(2,3)12-15-10-5-4-9(16-7-6-14)8-11(10)17-12/h4-5,8H,6-7H2,1-3H3. The van der Waals surface area contributed by atoms with Gasteiger partial charge in [-0.1, -0.05) is 36.7 Å². The third kappa shape index (κ3) is 2.99. The Morgan fingerprint density at radius 1 is 1.35 bits per heavy atom. The first kappa shape index (κ1) is 12.8. The Bertz CT molecular complexity index is 516. The molecule has 0 aliphatic heterocycles. The van der Waals surface area contributed by atoms with Crippen molar-refractivity contribution in [3.63, 3.8) is 0 Å². The minimum absolute atomic E-state index is 0.112. The molecular formula is C13H16BrNOS. The van der Waals surface area contributed by atoms with Crippen molar-refractivity contribution in [2.75, 3.05) is 11.9 Å². The van der Waals surface area contributed by atoms with Crippen molar-refractivity contribution in [3.05, 3.63) is 23.2 Å². The van der Waals surface area contributed by atoms with Gasteiger partial charge in [-0.15, -0.1) is 11.3 Å². The summed E-state index contributed by atoms with van der Waals surface area (Å²) in [6, 6.07) is 6.09. The number of benzene rings is 1. The van der Waals surface area contributed by atoms with Gasteiger partial charge in [-0.25, -0.2) is 4.98 Å². The van der Waals surface area contributed by atoms with Crippen molar-refractivity contribution >= 4 is 37.5 Å². The highest BCUT2D eigenvalue weighted by atomic mass is 79.9. The molecule has 1 aromatic carbocycles. The van der Waals surface area contributed by atoms with Gasteiger partial charge in [-0.2, -0.15) is 0 Å². The van der Waals surface area contributed by atoms with E-state index < -0.39 is 0 Å². The highest BCUT2D eigenvalue weighted by molar-refractivity contribution is 9.09. The van der Waals surface area contributed by atoms with E-state index in [0.29, 0.717) is 6.61 Å². The van der Waals surface area contributed by atoms with Crippen LogP contribution < -0.4 is 4.74 Å². The van der Waals surface area contributed by atoms with Crippen molar-refractivity contribution in [3.8, 4) is 5.75 Å². The summed E-state index contributed by atoms with van der Waals surface area (Å²) in [5.74, 6) is 0.918. The molecule has 0 amide bonds. The number of ether oxygens (including phenoxy) is 1. The molecule has 2 rings (SSSR count). The molecule has 92 valence electrons. The number of halogens is 1. The summed E-state index contributed by atoms with van der Waals surface area (Å²) in [6.45, 7) is 7.25. The van der Waals surface area contributed by atoms with Crippen LogP contribution in [0.2, 0.25) is 0 Å². The van der Waals surface area contributed by atoms with E-state index in [1.54, 1.807) is 11.3 Å². The monoisotopic (exact) mass is 313 g/mol. The summed E-state index contributed by atoms with van der Waals surface area (Å²) < 4.78 is 6.79. The van der Waals surface area contributed by atoms with Gasteiger partial charge in [0.2, 0.25) is 0 Å². The second kappa shape index (κ2) is 4.94. The molecule has 0 aliphatic carbocycles. The van der Waals surface area contributed by atoms with Gasteiger partial charge in [0.15, 0.2) is 0 Å². The first-order valence-electron chi connectivity index (χ1n) is 5.60. The molecule has 2 nitrogen and oxygen atoms in total. The van der Waals surface area contributed by atoms with Gasteiger partial charge in [0.1, 0.15) is 5.75 Å². The Kier molecular flexibility index (Phi) is 3.73. The van der Waals surface area contributed by atoms with Gasteiger partial charge in [-0.05, 0) is 18.2 Å². The van der Waals surface area contributed by atoms with Crippen LogP contribution in [0.25, 0.3) is 10.2 Å². The van der Waals surface area contributed by atoms with Crippen LogP contribution in [0.5, 0.6) is 5.75 Å². The van der Waals surface area contributed by atoms with Gasteiger partial charge in [0, 0.05) is 10.7 Å². The zero-order chi connectivity index (χ0) is 12.5. The molecule has 1 heterocycles. The lowest BCUT2D eigenvalue weighted by Crippen LogP contribution is -2.09. The zero-order valence-electron chi connectivity index (χ0n) is 10.3. The second-order valence-electron chi connectivity index (χ2n) is 4.94. The SMILES string of the molecule is CC(C)(C)c1nc2ccc(OCCBr)cc2s1. The zero-order valence-corrected chi connectivity index (χ0v) is 12.7. The molecule has 0 saturated heterocycles. The summed E-state index contributed by atoms with van der Waals surface area (Å²) in [5, 5.41) is 2.02. The maximum atomic E-state index is 5.59. The number of nitrogens with zero attached hydrogens (tertiary/aromatic N) is 1. The Labute approximate surface area is 114 Å². The van der Waals surface area contributed by atoms with Crippen LogP contribution in [0.3, 0.4) is 0 Å². The van der Waals surface area contributed by atoms with Gasteiger partial charge < -0.3 is 4.74 Å². The van der Waals surface area contributed by atoms with Crippen LogP contribution >= 0.6 is 27.3 Å². The number of alkyl halides is 1. The van der Waals surface area contributed by atoms with Crippen LogP contribution in [-0.4, -0.2) is 16.9 Å². The van der Waals surface area contributed by atoms with E-state index in [1.807, 2.05) is 12.1 Å². The molecule has 1 aromatic heterocycles. The molecule has 0 spiro atoms. The largest absolute Gasteiger partial charge is 0.493 e. The first-order valence-corrected chi connectivity index (χ1v) is 7.54. The molecule has 0 unspecified atom stereocenters. The minimum atomic E-state index is 0.112. The summed E-state index contributed by atoms with van der Waals surface area (Å²) in [5.41, 5.74) is 1.17. The van der Waals surface area contributed by atoms with Gasteiger partial charge >= 0.3 is 0 Å². The van der Waals surface area contributed by atoms with Gasteiger partial charge in [-0.3, -0.25) is 0 Å². The minimum Gasteiger partial charge on any atom is -0.493 e. The molecule has 2 aromatic rings. The first-order chi connectivity index (χ1) is 8.00. The summed E-state index contributed by atoms with van der Waals surface area (Å²) in [6.07, 6.45) is 0. The van der Waals surface area contributed by atoms with E-state index in [2.05, 4.69) is 47.8 Å².